The molecule has 2 aromatic heterocycles. The van der Waals surface area contributed by atoms with E-state index in [1.165, 1.54) is 6.42 Å². The van der Waals surface area contributed by atoms with Crippen LogP contribution in [0, 0.1) is 11.8 Å². The Labute approximate surface area is 205 Å². The van der Waals surface area contributed by atoms with Gasteiger partial charge in [-0.15, -0.1) is 0 Å². The quantitative estimate of drug-likeness (QED) is 0.585. The second-order valence-corrected chi connectivity index (χ2v) is 10.5. The van der Waals surface area contributed by atoms with E-state index in [0.29, 0.717) is 29.5 Å². The molecule has 3 heterocycles. The number of pyridine rings is 1. The predicted octanol–water partition coefficient (Wildman–Crippen LogP) is 4.88. The monoisotopic (exact) mass is 484 g/mol. The van der Waals surface area contributed by atoms with Gasteiger partial charge in [0, 0.05) is 11.9 Å². The van der Waals surface area contributed by atoms with Gasteiger partial charge in [-0.05, 0) is 58.1 Å². The first-order chi connectivity index (χ1) is 16.7. The number of esters is 1. The van der Waals surface area contributed by atoms with Crippen molar-refractivity contribution in [2.75, 3.05) is 18.5 Å². The van der Waals surface area contributed by atoms with E-state index in [-0.39, 0.29) is 18.4 Å². The number of nitrogens with zero attached hydrogens (tertiary/aromatic N) is 2. The summed E-state index contributed by atoms with van der Waals surface area (Å²) < 4.78 is 10.7. The first kappa shape index (κ1) is 25.0. The summed E-state index contributed by atoms with van der Waals surface area (Å²) in [7, 11) is 0. The Morgan fingerprint density at radius 1 is 1.14 bits per heavy atom. The third kappa shape index (κ3) is 5.77. The van der Waals surface area contributed by atoms with Crippen LogP contribution in [0.4, 0.5) is 10.6 Å². The zero-order chi connectivity index (χ0) is 25.2. The number of likely N-dealkylation sites (tertiary alicyclic amines) is 1. The summed E-state index contributed by atoms with van der Waals surface area (Å²) in [5.74, 6) is 0.184. The summed E-state index contributed by atoms with van der Waals surface area (Å²) in [6.07, 6.45) is 7.63. The summed E-state index contributed by atoms with van der Waals surface area (Å²) >= 11 is 0. The highest BCUT2D eigenvalue weighted by Crippen LogP contribution is 2.39. The molecule has 0 spiro atoms. The van der Waals surface area contributed by atoms with Crippen LogP contribution in [0.5, 0.6) is 0 Å². The van der Waals surface area contributed by atoms with Gasteiger partial charge in [0.2, 0.25) is 5.91 Å². The minimum absolute atomic E-state index is 0.0919. The minimum atomic E-state index is -0.640. The molecule has 2 aliphatic rings. The van der Waals surface area contributed by atoms with Gasteiger partial charge in [0.15, 0.2) is 0 Å². The predicted molar refractivity (Wildman–Crippen MR) is 132 cm³/mol. The highest BCUT2D eigenvalue weighted by Gasteiger charge is 2.46. The summed E-state index contributed by atoms with van der Waals surface area (Å²) in [6.45, 7) is 8.02. The summed E-state index contributed by atoms with van der Waals surface area (Å²) in [5, 5.41) is 3.66. The Morgan fingerprint density at radius 3 is 2.57 bits per heavy atom. The fourth-order valence-corrected chi connectivity index (χ4v) is 5.35. The highest BCUT2D eigenvalue weighted by molar-refractivity contribution is 5.99. The summed E-state index contributed by atoms with van der Waals surface area (Å²) in [5.41, 5.74) is 0.359. The maximum absolute atomic E-state index is 13.6. The number of H-pyrrole nitrogens is 1. The van der Waals surface area contributed by atoms with Gasteiger partial charge in [-0.1, -0.05) is 32.1 Å². The molecule has 0 bridgehead atoms. The van der Waals surface area contributed by atoms with E-state index in [9.17, 15) is 14.4 Å². The van der Waals surface area contributed by atoms with Gasteiger partial charge in [0.1, 0.15) is 23.2 Å². The molecule has 1 aliphatic heterocycles. The second-order valence-electron chi connectivity index (χ2n) is 10.5. The van der Waals surface area contributed by atoms with Crippen molar-refractivity contribution < 1.29 is 23.9 Å². The number of amides is 2. The number of nitrogens with one attached hydrogen (secondary N) is 2. The van der Waals surface area contributed by atoms with E-state index in [4.69, 9.17) is 9.47 Å². The third-order valence-electron chi connectivity index (χ3n) is 6.85. The molecule has 2 fully saturated rings. The van der Waals surface area contributed by atoms with Gasteiger partial charge >= 0.3 is 12.1 Å². The van der Waals surface area contributed by atoms with Gasteiger partial charge < -0.3 is 19.8 Å². The molecule has 4 rings (SSSR count). The molecule has 0 unspecified atom stereocenters. The lowest BCUT2D eigenvalue weighted by Gasteiger charge is -2.34. The van der Waals surface area contributed by atoms with Crippen LogP contribution in [0.3, 0.4) is 0 Å². The van der Waals surface area contributed by atoms with Crippen LogP contribution in [0.15, 0.2) is 18.3 Å². The van der Waals surface area contributed by atoms with Crippen LogP contribution in [0.1, 0.15) is 76.7 Å². The molecule has 1 saturated heterocycles. The Morgan fingerprint density at radius 2 is 1.89 bits per heavy atom. The van der Waals surface area contributed by atoms with E-state index in [0.717, 1.165) is 37.5 Å². The fourth-order valence-electron chi connectivity index (χ4n) is 5.35. The van der Waals surface area contributed by atoms with Gasteiger partial charge in [-0.3, -0.25) is 9.69 Å². The largest absolute Gasteiger partial charge is 0.461 e. The van der Waals surface area contributed by atoms with E-state index in [1.807, 2.05) is 20.8 Å². The second kappa shape index (κ2) is 10.3. The van der Waals surface area contributed by atoms with Gasteiger partial charge in [0.05, 0.1) is 18.3 Å². The summed E-state index contributed by atoms with van der Waals surface area (Å²) in [4.78, 5) is 47.6. The lowest BCUT2D eigenvalue weighted by molar-refractivity contribution is -0.122. The first-order valence-corrected chi connectivity index (χ1v) is 12.6. The van der Waals surface area contributed by atoms with Crippen molar-refractivity contribution in [3.8, 4) is 0 Å². The lowest BCUT2D eigenvalue weighted by Crippen LogP contribution is -2.49. The zero-order valence-electron chi connectivity index (χ0n) is 21.1. The van der Waals surface area contributed by atoms with Crippen LogP contribution in [-0.4, -0.2) is 57.6 Å². The molecule has 1 aliphatic carbocycles. The molecule has 2 atom stereocenters. The normalized spacial score (nSPS) is 21.2. The third-order valence-corrected chi connectivity index (χ3v) is 6.85. The van der Waals surface area contributed by atoms with E-state index < -0.39 is 23.7 Å². The smallest absolute Gasteiger partial charge is 0.410 e. The van der Waals surface area contributed by atoms with Crippen molar-refractivity contribution >= 4 is 34.7 Å². The van der Waals surface area contributed by atoms with Crippen LogP contribution >= 0.6 is 0 Å². The number of carbonyl (C=O) groups is 3. The van der Waals surface area contributed by atoms with Gasteiger partial charge in [-0.25, -0.2) is 14.6 Å². The van der Waals surface area contributed by atoms with Crippen LogP contribution < -0.4 is 5.32 Å². The zero-order valence-corrected chi connectivity index (χ0v) is 21.1. The van der Waals surface area contributed by atoms with Crippen LogP contribution in [0.2, 0.25) is 0 Å². The molecule has 2 aromatic rings. The SMILES string of the molecule is CCOC(=O)c1cc2cc(NC(=O)[C@@H]3[C@H](C4CCCCC4)CCN3C(=O)OC(C)(C)C)ncc2[nH]1. The van der Waals surface area contributed by atoms with Crippen molar-refractivity contribution in [1.29, 1.82) is 0 Å². The fraction of sp³-hybridized carbons (Fsp3) is 0.615. The number of carbonyl (C=O) groups excluding carboxylic acids is 3. The van der Waals surface area contributed by atoms with E-state index >= 15 is 0 Å². The van der Waals surface area contributed by atoms with Crippen molar-refractivity contribution in [2.45, 2.75) is 77.9 Å². The minimum Gasteiger partial charge on any atom is -0.461 e. The molecule has 9 heteroatoms. The maximum Gasteiger partial charge on any atom is 0.410 e. The molecule has 0 aromatic carbocycles. The number of hydrogen-bond donors (Lipinski definition) is 2. The van der Waals surface area contributed by atoms with E-state index in [1.54, 1.807) is 30.2 Å². The highest BCUT2D eigenvalue weighted by atomic mass is 16.6. The topological polar surface area (TPSA) is 114 Å². The number of rotatable bonds is 5. The molecule has 0 radical (unpaired) electrons. The standard InChI is InChI=1S/C26H36N4O5/c1-5-34-24(32)19-13-17-14-21(27-15-20(17)28-19)29-23(31)22-18(16-9-7-6-8-10-16)11-12-30(22)25(33)35-26(2,3)4/h13-16,18,22,28H,5-12H2,1-4H3,(H,27,29,31)/t18-,22-/m0/s1. The molecular weight excluding hydrogens is 448 g/mol. The molecule has 190 valence electrons. The van der Waals surface area contributed by atoms with Gasteiger partial charge in [0.25, 0.3) is 0 Å². The number of hydrogen-bond acceptors (Lipinski definition) is 6. The average Bonchev–Trinajstić information content (AvgIpc) is 3.43. The Kier molecular flexibility index (Phi) is 7.33. The number of ether oxygens (including phenoxy) is 2. The summed E-state index contributed by atoms with van der Waals surface area (Å²) in [6, 6.07) is 2.79. The number of fused-ring (bicyclic) bond motifs is 1. The maximum atomic E-state index is 13.6. The van der Waals surface area contributed by atoms with Gasteiger partial charge in [-0.2, -0.15) is 0 Å². The van der Waals surface area contributed by atoms with Crippen molar-refractivity contribution in [3.63, 3.8) is 0 Å². The molecule has 35 heavy (non-hydrogen) atoms. The Hall–Kier alpha value is -3.10. The Balaban J connectivity index is 1.55. The molecule has 2 N–H and O–H groups in total. The lowest BCUT2D eigenvalue weighted by atomic mass is 9.76. The number of aromatic amines is 1. The molecular formula is C26H36N4O5. The van der Waals surface area contributed by atoms with Crippen molar-refractivity contribution in [2.24, 2.45) is 11.8 Å². The average molecular weight is 485 g/mol. The van der Waals surface area contributed by atoms with E-state index in [2.05, 4.69) is 15.3 Å². The van der Waals surface area contributed by atoms with Crippen molar-refractivity contribution in [1.82, 2.24) is 14.9 Å². The molecule has 9 nitrogen and oxygen atoms in total. The van der Waals surface area contributed by atoms with Crippen molar-refractivity contribution in [3.05, 3.63) is 24.0 Å². The first-order valence-electron chi connectivity index (χ1n) is 12.6. The Bertz CT molecular complexity index is 1080. The number of aromatic nitrogens is 2. The van der Waals surface area contributed by atoms with Crippen LogP contribution in [0.25, 0.3) is 10.9 Å². The number of anilines is 1. The molecule has 1 saturated carbocycles. The van der Waals surface area contributed by atoms with Crippen LogP contribution in [-0.2, 0) is 14.3 Å². The molecule has 2 amide bonds.